The molecule has 12 nitrogen and oxygen atoms in total. The van der Waals surface area contributed by atoms with Crippen LogP contribution in [0.1, 0.15) is 219 Å². The maximum Gasteiger partial charge on any atom is 0.397 e. The van der Waals surface area contributed by atoms with E-state index in [1.165, 1.54) is 103 Å². The minimum Gasteiger partial charge on any atom is -0.457 e. The van der Waals surface area contributed by atoms with Crippen LogP contribution in [-0.4, -0.2) is 97.5 Å². The lowest BCUT2D eigenvalue weighted by Crippen LogP contribution is -2.60. The zero-order chi connectivity index (χ0) is 52.4. The Morgan fingerprint density at radius 2 is 0.958 bits per heavy atom. The number of allylic oxidation sites excluding steroid dienone is 14. The molecule has 6 atom stereocenters. The first-order valence-electron chi connectivity index (χ1n) is 28.3. The fourth-order valence-corrected chi connectivity index (χ4v) is 8.77. The van der Waals surface area contributed by atoms with Crippen LogP contribution in [-0.2, 0) is 38.3 Å². The fraction of sp³-hybridized carbons (Fsp3) is 0.746. The van der Waals surface area contributed by atoms with E-state index < -0.39 is 59.8 Å². The van der Waals surface area contributed by atoms with Crippen LogP contribution in [0.3, 0.4) is 0 Å². The first-order valence-corrected chi connectivity index (χ1v) is 29.7. The Bertz CT molecular complexity index is 1570. The van der Waals surface area contributed by atoms with Gasteiger partial charge in [-0.05, 0) is 89.9 Å². The van der Waals surface area contributed by atoms with E-state index in [0.29, 0.717) is 13.0 Å². The van der Waals surface area contributed by atoms with E-state index in [9.17, 15) is 33.1 Å². The van der Waals surface area contributed by atoms with Gasteiger partial charge in [-0.25, -0.2) is 4.18 Å². The van der Waals surface area contributed by atoms with E-state index in [0.717, 1.165) is 89.9 Å². The van der Waals surface area contributed by atoms with Crippen LogP contribution in [0, 0.1) is 0 Å². The van der Waals surface area contributed by atoms with Gasteiger partial charge in [-0.2, -0.15) is 8.42 Å². The quantitative estimate of drug-likeness (QED) is 0.0196. The van der Waals surface area contributed by atoms with E-state index in [-0.39, 0.29) is 19.6 Å². The molecule has 1 saturated heterocycles. The van der Waals surface area contributed by atoms with Gasteiger partial charge >= 0.3 is 16.4 Å². The third kappa shape index (κ3) is 41.6. The van der Waals surface area contributed by atoms with Gasteiger partial charge in [0.05, 0.1) is 19.8 Å². The number of aliphatic hydroxyl groups is 3. The number of unbranched alkanes of at least 4 members (excludes halogenated alkanes) is 22. The van der Waals surface area contributed by atoms with Gasteiger partial charge in [-0.15, -0.1) is 0 Å². The zero-order valence-electron chi connectivity index (χ0n) is 45.0. The van der Waals surface area contributed by atoms with E-state index in [1.807, 2.05) is 0 Å². The minimum absolute atomic E-state index is 0.0228. The van der Waals surface area contributed by atoms with Gasteiger partial charge < -0.3 is 34.3 Å². The normalized spacial score (nSPS) is 19.6. The number of aliphatic hydroxyl groups excluding tert-OH is 3. The predicted molar refractivity (Wildman–Crippen MR) is 294 cm³/mol. The second-order valence-corrected chi connectivity index (χ2v) is 20.2. The molecular weight excluding hydrogens is 933 g/mol. The summed E-state index contributed by atoms with van der Waals surface area (Å²) < 4.78 is 59.4. The van der Waals surface area contributed by atoms with Gasteiger partial charge in [-0.3, -0.25) is 9.35 Å². The number of ether oxygens (including phenoxy) is 4. The lowest BCUT2D eigenvalue weighted by Gasteiger charge is -2.41. The fourth-order valence-electron chi connectivity index (χ4n) is 8.26. The zero-order valence-corrected chi connectivity index (χ0v) is 45.8. The molecule has 0 radical (unpaired) electrons. The van der Waals surface area contributed by atoms with E-state index in [1.54, 1.807) is 0 Å². The monoisotopic (exact) mass is 1030 g/mol. The van der Waals surface area contributed by atoms with Crippen LogP contribution in [0.25, 0.3) is 0 Å². The smallest absolute Gasteiger partial charge is 0.397 e. The van der Waals surface area contributed by atoms with Crippen molar-refractivity contribution in [1.82, 2.24) is 0 Å². The molecule has 416 valence electrons. The average molecular weight is 1040 g/mol. The Morgan fingerprint density at radius 3 is 1.40 bits per heavy atom. The number of hydrogen-bond donors (Lipinski definition) is 4. The molecule has 1 aliphatic rings. The van der Waals surface area contributed by atoms with Crippen molar-refractivity contribution < 1.29 is 56.2 Å². The summed E-state index contributed by atoms with van der Waals surface area (Å²) in [6.07, 6.45) is 57.6. The molecular formula is C59H102O12S. The Kier molecular flexibility index (Phi) is 46.0. The van der Waals surface area contributed by atoms with Gasteiger partial charge in [0.2, 0.25) is 0 Å². The van der Waals surface area contributed by atoms with Gasteiger partial charge in [0, 0.05) is 13.0 Å². The van der Waals surface area contributed by atoms with Crippen LogP contribution in [0.2, 0.25) is 0 Å². The van der Waals surface area contributed by atoms with E-state index >= 15 is 0 Å². The summed E-state index contributed by atoms with van der Waals surface area (Å²) in [4.78, 5) is 12.9. The molecule has 0 aromatic heterocycles. The summed E-state index contributed by atoms with van der Waals surface area (Å²) in [6, 6.07) is 0. The maximum absolute atomic E-state index is 12.9. The third-order valence-electron chi connectivity index (χ3n) is 12.5. The second kappa shape index (κ2) is 49.2. The van der Waals surface area contributed by atoms with Crippen molar-refractivity contribution in [1.29, 1.82) is 0 Å². The summed E-state index contributed by atoms with van der Waals surface area (Å²) in [5, 5.41) is 30.8. The summed E-state index contributed by atoms with van der Waals surface area (Å²) in [5.74, 6) is -0.419. The van der Waals surface area contributed by atoms with E-state index in [4.69, 9.17) is 18.9 Å². The van der Waals surface area contributed by atoms with Gasteiger partial charge in [0.1, 0.15) is 30.5 Å². The van der Waals surface area contributed by atoms with Crippen molar-refractivity contribution in [3.8, 4) is 0 Å². The van der Waals surface area contributed by atoms with Crippen LogP contribution in [0.4, 0.5) is 0 Å². The third-order valence-corrected chi connectivity index (χ3v) is 13.0. The minimum atomic E-state index is -5.08. The van der Waals surface area contributed by atoms with Crippen molar-refractivity contribution in [2.45, 2.75) is 256 Å². The topological polar surface area (TPSA) is 178 Å². The molecule has 13 heteroatoms. The number of carbonyl (C=O) groups is 1. The first-order chi connectivity index (χ1) is 35.1. The molecule has 0 spiro atoms. The average Bonchev–Trinajstić information content (AvgIpc) is 3.36. The highest BCUT2D eigenvalue weighted by Gasteiger charge is 2.48. The van der Waals surface area contributed by atoms with Crippen LogP contribution >= 0.6 is 0 Å². The van der Waals surface area contributed by atoms with Gasteiger partial charge in [0.25, 0.3) is 0 Å². The predicted octanol–water partition coefficient (Wildman–Crippen LogP) is 14.0. The highest BCUT2D eigenvalue weighted by Crippen LogP contribution is 2.26. The summed E-state index contributed by atoms with van der Waals surface area (Å²) in [6.45, 7) is 3.85. The molecule has 0 bridgehead atoms. The van der Waals surface area contributed by atoms with Crippen LogP contribution in [0.5, 0.6) is 0 Å². The summed E-state index contributed by atoms with van der Waals surface area (Å²) >= 11 is 0. The van der Waals surface area contributed by atoms with E-state index in [2.05, 4.69) is 103 Å². The molecule has 1 aliphatic heterocycles. The standard InChI is InChI=1S/C59H102O12S/c1-3-5-7-9-11-13-15-17-19-21-23-25-26-27-29-31-33-35-37-39-41-43-45-47-49-67-51-53(52-68-59-57(63)58(71-72(64,65)66)56(62)54(50-60)70-59)69-55(61)48-46-44-42-40-38-36-34-32-30-28-24-22-20-18-16-14-12-10-8-6-4-2/h6,8,12,14-15,17-18,20-21,23-24,28,32,34,53-54,56-60,62-63H,3-5,7,9-11,13,16,19,22,25-27,29-31,33,35-52H2,1-2H3,(H,64,65,66)/b8-6-,14-12-,17-15-,20-18-,23-21-,28-24-,34-32-. The Balaban J connectivity index is 2.33. The van der Waals surface area contributed by atoms with Crippen molar-refractivity contribution in [2.75, 3.05) is 26.4 Å². The molecule has 0 amide bonds. The second-order valence-electron chi connectivity index (χ2n) is 19.1. The van der Waals surface area contributed by atoms with Crippen molar-refractivity contribution >= 4 is 16.4 Å². The Hall–Kier alpha value is -2.72. The molecule has 1 heterocycles. The van der Waals surface area contributed by atoms with Crippen molar-refractivity contribution in [3.05, 3.63) is 85.1 Å². The lowest BCUT2D eigenvalue weighted by atomic mass is 9.99. The maximum atomic E-state index is 12.9. The molecule has 0 aromatic carbocycles. The molecule has 1 fully saturated rings. The number of carbonyl (C=O) groups excluding carboxylic acids is 1. The molecule has 6 unspecified atom stereocenters. The van der Waals surface area contributed by atoms with Gasteiger partial charge in [0.15, 0.2) is 6.29 Å². The number of esters is 1. The Morgan fingerprint density at radius 1 is 0.542 bits per heavy atom. The van der Waals surface area contributed by atoms with Crippen molar-refractivity contribution in [2.24, 2.45) is 0 Å². The van der Waals surface area contributed by atoms with Crippen LogP contribution in [0.15, 0.2) is 85.1 Å². The van der Waals surface area contributed by atoms with Crippen molar-refractivity contribution in [3.63, 3.8) is 0 Å². The SMILES string of the molecule is CC/C=C\C/C=C\C/C=C\C/C=C\C/C=C\CCCCCCCC(=O)OC(COCCCCCCCCCCCCCC/C=C\C/C=C\CCCCCCC)COC1OC(CO)C(O)C(OS(=O)(=O)O)C1O. The number of rotatable bonds is 49. The Labute approximate surface area is 438 Å². The number of hydrogen-bond acceptors (Lipinski definition) is 11. The molecule has 0 aliphatic carbocycles. The summed E-state index contributed by atoms with van der Waals surface area (Å²) in [7, 11) is -5.08. The lowest BCUT2D eigenvalue weighted by molar-refractivity contribution is -0.301. The van der Waals surface area contributed by atoms with Gasteiger partial charge in [-0.1, -0.05) is 208 Å². The first kappa shape index (κ1) is 67.3. The highest BCUT2D eigenvalue weighted by atomic mass is 32.3. The summed E-state index contributed by atoms with van der Waals surface area (Å²) in [5.41, 5.74) is 0. The molecule has 72 heavy (non-hydrogen) atoms. The molecule has 4 N–H and O–H groups in total. The molecule has 1 rings (SSSR count). The highest BCUT2D eigenvalue weighted by molar-refractivity contribution is 7.80. The largest absolute Gasteiger partial charge is 0.457 e. The molecule has 0 saturated carbocycles. The molecule has 0 aromatic rings. The van der Waals surface area contributed by atoms with Crippen LogP contribution < -0.4 is 0 Å².